The number of hydrogen-bond donors (Lipinski definition) is 1. The Morgan fingerprint density at radius 1 is 1.00 bits per heavy atom. The van der Waals surface area contributed by atoms with Gasteiger partial charge in [0.1, 0.15) is 18.3 Å². The second kappa shape index (κ2) is 14.4. The van der Waals surface area contributed by atoms with Crippen LogP contribution in [0.1, 0.15) is 43.4 Å². The van der Waals surface area contributed by atoms with Crippen molar-refractivity contribution in [3.63, 3.8) is 0 Å². The SMILES string of the molecule is CCCCNC(=O)[C@H](C)N(Cc1ccc(OC)cc1)C(=O)CN(c1ccc(Cl)cc1C)S(=O)(=O)c1ccc(C)cc1. The zero-order chi connectivity index (χ0) is 30.2. The van der Waals surface area contributed by atoms with E-state index in [1.807, 2.05) is 26.0 Å². The molecule has 0 aromatic heterocycles. The standard InChI is InChI=1S/C31H38ClN3O5S/c1-6-7-18-33-31(37)24(4)34(20-25-10-13-27(40-5)14-11-25)30(36)21-35(29-17-12-26(32)19-23(29)3)41(38,39)28-15-8-22(2)9-16-28/h8-17,19,24H,6-7,18,20-21H2,1-5H3,(H,33,37)/t24-/m0/s1. The van der Waals surface area contributed by atoms with Gasteiger partial charge in [0.25, 0.3) is 10.0 Å². The molecule has 220 valence electrons. The summed E-state index contributed by atoms with van der Waals surface area (Å²) in [6.07, 6.45) is 1.72. The van der Waals surface area contributed by atoms with Gasteiger partial charge >= 0.3 is 0 Å². The molecule has 3 aromatic rings. The van der Waals surface area contributed by atoms with Gasteiger partial charge in [-0.25, -0.2) is 8.42 Å². The van der Waals surface area contributed by atoms with Gasteiger partial charge in [-0.2, -0.15) is 0 Å². The lowest BCUT2D eigenvalue weighted by molar-refractivity contribution is -0.139. The van der Waals surface area contributed by atoms with Crippen LogP contribution in [-0.2, 0) is 26.2 Å². The molecule has 1 N–H and O–H groups in total. The Hall–Kier alpha value is -3.56. The van der Waals surface area contributed by atoms with E-state index in [0.29, 0.717) is 28.6 Å². The van der Waals surface area contributed by atoms with Gasteiger partial charge in [0.2, 0.25) is 11.8 Å². The van der Waals surface area contributed by atoms with Gasteiger partial charge in [0, 0.05) is 18.1 Å². The third-order valence-electron chi connectivity index (χ3n) is 6.82. The summed E-state index contributed by atoms with van der Waals surface area (Å²) >= 11 is 6.17. The van der Waals surface area contributed by atoms with Gasteiger partial charge in [-0.3, -0.25) is 13.9 Å². The van der Waals surface area contributed by atoms with Crippen LogP contribution in [-0.4, -0.2) is 51.4 Å². The van der Waals surface area contributed by atoms with E-state index in [9.17, 15) is 18.0 Å². The Kier molecular flexibility index (Phi) is 11.2. The maximum Gasteiger partial charge on any atom is 0.264 e. The zero-order valence-corrected chi connectivity index (χ0v) is 25.8. The molecule has 10 heteroatoms. The number of benzene rings is 3. The molecule has 0 saturated heterocycles. The lowest BCUT2D eigenvalue weighted by Gasteiger charge is -2.32. The van der Waals surface area contributed by atoms with Crippen LogP contribution in [0.25, 0.3) is 0 Å². The summed E-state index contributed by atoms with van der Waals surface area (Å²) in [7, 11) is -2.59. The van der Waals surface area contributed by atoms with Crippen molar-refractivity contribution in [2.45, 2.75) is 58.0 Å². The van der Waals surface area contributed by atoms with Crippen LogP contribution in [0.2, 0.25) is 5.02 Å². The Balaban J connectivity index is 2.03. The first-order valence-corrected chi connectivity index (χ1v) is 15.4. The summed E-state index contributed by atoms with van der Waals surface area (Å²) in [4.78, 5) is 28.6. The summed E-state index contributed by atoms with van der Waals surface area (Å²) in [6, 6.07) is 17.6. The summed E-state index contributed by atoms with van der Waals surface area (Å²) < 4.78 is 34.3. The molecule has 3 aromatic carbocycles. The third kappa shape index (κ3) is 8.24. The summed E-state index contributed by atoms with van der Waals surface area (Å²) in [6.45, 7) is 7.35. The van der Waals surface area contributed by atoms with E-state index in [0.717, 1.165) is 28.3 Å². The average molecular weight is 600 g/mol. The van der Waals surface area contributed by atoms with E-state index in [1.165, 1.54) is 17.0 Å². The first kappa shape index (κ1) is 32.0. The van der Waals surface area contributed by atoms with Crippen LogP contribution in [0.5, 0.6) is 5.75 Å². The number of carbonyl (C=O) groups is 2. The van der Waals surface area contributed by atoms with Crippen LogP contribution >= 0.6 is 11.6 Å². The Morgan fingerprint density at radius 3 is 2.24 bits per heavy atom. The van der Waals surface area contributed by atoms with E-state index in [-0.39, 0.29) is 17.3 Å². The Morgan fingerprint density at radius 2 is 1.66 bits per heavy atom. The molecule has 41 heavy (non-hydrogen) atoms. The van der Waals surface area contributed by atoms with Crippen molar-refractivity contribution in [2.24, 2.45) is 0 Å². The van der Waals surface area contributed by atoms with Gasteiger partial charge in [0.05, 0.1) is 17.7 Å². The molecule has 8 nitrogen and oxygen atoms in total. The molecule has 0 fully saturated rings. The fourth-order valence-corrected chi connectivity index (χ4v) is 6.00. The number of unbranched alkanes of at least 4 members (excludes halogenated alkanes) is 1. The first-order valence-electron chi connectivity index (χ1n) is 13.5. The predicted octanol–water partition coefficient (Wildman–Crippen LogP) is 5.49. The average Bonchev–Trinajstić information content (AvgIpc) is 2.95. The Labute approximate surface area is 248 Å². The number of halogens is 1. The number of aryl methyl sites for hydroxylation is 2. The molecular formula is C31H38ClN3O5S. The number of nitrogens with zero attached hydrogens (tertiary/aromatic N) is 2. The van der Waals surface area contributed by atoms with Gasteiger partial charge < -0.3 is 15.0 Å². The maximum absolute atomic E-state index is 14.0. The van der Waals surface area contributed by atoms with Gasteiger partial charge in [-0.05, 0) is 80.8 Å². The van der Waals surface area contributed by atoms with E-state index in [1.54, 1.807) is 63.4 Å². The number of carbonyl (C=O) groups excluding carboxylic acids is 2. The molecular weight excluding hydrogens is 562 g/mol. The molecule has 0 radical (unpaired) electrons. The summed E-state index contributed by atoms with van der Waals surface area (Å²) in [5, 5.41) is 3.33. The van der Waals surface area contributed by atoms with Crippen molar-refractivity contribution in [3.05, 3.63) is 88.4 Å². The van der Waals surface area contributed by atoms with Gasteiger partial charge in [-0.15, -0.1) is 0 Å². The fourth-order valence-electron chi connectivity index (χ4n) is 4.30. The predicted molar refractivity (Wildman–Crippen MR) is 163 cm³/mol. The highest BCUT2D eigenvalue weighted by atomic mass is 35.5. The number of methoxy groups -OCH3 is 1. The smallest absolute Gasteiger partial charge is 0.264 e. The number of amides is 2. The number of nitrogens with one attached hydrogen (secondary N) is 1. The van der Waals surface area contributed by atoms with Crippen molar-refractivity contribution in [1.29, 1.82) is 0 Å². The van der Waals surface area contributed by atoms with E-state index in [4.69, 9.17) is 16.3 Å². The molecule has 1 atom stereocenters. The number of sulfonamides is 1. The monoisotopic (exact) mass is 599 g/mol. The highest BCUT2D eigenvalue weighted by Gasteiger charge is 2.33. The number of ether oxygens (including phenoxy) is 1. The molecule has 3 rings (SSSR count). The van der Waals surface area contributed by atoms with Crippen LogP contribution < -0.4 is 14.4 Å². The topological polar surface area (TPSA) is 96.0 Å². The molecule has 2 amide bonds. The van der Waals surface area contributed by atoms with Crippen molar-refractivity contribution < 1.29 is 22.7 Å². The molecule has 0 unspecified atom stereocenters. The summed E-state index contributed by atoms with van der Waals surface area (Å²) in [5.74, 6) is -0.175. The van der Waals surface area contributed by atoms with Crippen LogP contribution in [0.4, 0.5) is 5.69 Å². The Bertz CT molecular complexity index is 1440. The van der Waals surface area contributed by atoms with Gasteiger partial charge in [-0.1, -0.05) is 54.8 Å². The molecule has 0 aliphatic carbocycles. The quantitative estimate of drug-likeness (QED) is 0.262. The van der Waals surface area contributed by atoms with Crippen molar-refractivity contribution >= 4 is 39.1 Å². The minimum Gasteiger partial charge on any atom is -0.497 e. The van der Waals surface area contributed by atoms with E-state index in [2.05, 4.69) is 5.32 Å². The second-order valence-corrected chi connectivity index (χ2v) is 12.2. The molecule has 0 saturated carbocycles. The minimum atomic E-state index is -4.15. The van der Waals surface area contributed by atoms with Crippen molar-refractivity contribution in [2.75, 3.05) is 24.5 Å². The second-order valence-electron chi connectivity index (χ2n) is 9.95. The number of hydrogen-bond acceptors (Lipinski definition) is 5. The lowest BCUT2D eigenvalue weighted by Crippen LogP contribution is -2.51. The number of anilines is 1. The van der Waals surface area contributed by atoms with Crippen molar-refractivity contribution in [3.8, 4) is 5.75 Å². The molecule has 0 bridgehead atoms. The maximum atomic E-state index is 14.0. The molecule has 0 aliphatic heterocycles. The molecule has 0 aliphatic rings. The largest absolute Gasteiger partial charge is 0.497 e. The lowest BCUT2D eigenvalue weighted by atomic mass is 10.1. The highest BCUT2D eigenvalue weighted by molar-refractivity contribution is 7.92. The third-order valence-corrected chi connectivity index (χ3v) is 8.83. The van der Waals surface area contributed by atoms with Gasteiger partial charge in [0.15, 0.2) is 0 Å². The normalized spacial score (nSPS) is 12.0. The van der Waals surface area contributed by atoms with Crippen LogP contribution in [0, 0.1) is 13.8 Å². The van der Waals surface area contributed by atoms with Crippen LogP contribution in [0.15, 0.2) is 71.6 Å². The minimum absolute atomic E-state index is 0.0531. The first-order chi connectivity index (χ1) is 19.5. The number of rotatable bonds is 13. The fraction of sp³-hybridized carbons (Fsp3) is 0.355. The van der Waals surface area contributed by atoms with E-state index < -0.39 is 28.5 Å². The molecule has 0 heterocycles. The highest BCUT2D eigenvalue weighted by Crippen LogP contribution is 2.29. The van der Waals surface area contributed by atoms with Crippen LogP contribution in [0.3, 0.4) is 0 Å². The van der Waals surface area contributed by atoms with E-state index >= 15 is 0 Å². The zero-order valence-electron chi connectivity index (χ0n) is 24.2. The summed E-state index contributed by atoms with van der Waals surface area (Å²) in [5.41, 5.74) is 2.59. The molecule has 0 spiro atoms. The van der Waals surface area contributed by atoms with Crippen molar-refractivity contribution in [1.82, 2.24) is 10.2 Å².